The van der Waals surface area contributed by atoms with Crippen molar-refractivity contribution in [2.75, 3.05) is 36.1 Å². The highest BCUT2D eigenvalue weighted by Crippen LogP contribution is 2.29. The van der Waals surface area contributed by atoms with Gasteiger partial charge in [-0.15, -0.1) is 0 Å². The molecule has 0 spiro atoms. The molecule has 1 aromatic rings. The molecule has 2 fully saturated rings. The second-order valence-corrected chi connectivity index (χ2v) is 9.08. The molecule has 1 aromatic heterocycles. The zero-order valence-electron chi connectivity index (χ0n) is 13.7. The summed E-state index contributed by atoms with van der Waals surface area (Å²) in [6.45, 7) is 6.71. The molecule has 0 saturated carbocycles. The molecular weight excluding hydrogens is 314 g/mol. The lowest BCUT2D eigenvalue weighted by Gasteiger charge is -2.36. The minimum absolute atomic E-state index is 0.431. The Morgan fingerprint density at radius 2 is 2.05 bits per heavy atom. The lowest BCUT2D eigenvalue weighted by atomic mass is 9.97. The molecule has 22 heavy (non-hydrogen) atoms. The second-order valence-electron chi connectivity index (χ2n) is 6.78. The fourth-order valence-corrected chi connectivity index (χ4v) is 5.86. The van der Waals surface area contributed by atoms with Gasteiger partial charge in [0.2, 0.25) is 5.89 Å². The van der Waals surface area contributed by atoms with Crippen molar-refractivity contribution in [2.24, 2.45) is 5.92 Å². The molecule has 2 saturated heterocycles. The van der Waals surface area contributed by atoms with Crippen molar-refractivity contribution >= 4 is 23.5 Å². The number of aromatic nitrogens is 2. The van der Waals surface area contributed by atoms with Crippen LogP contribution < -0.4 is 0 Å². The van der Waals surface area contributed by atoms with Crippen LogP contribution in [0.3, 0.4) is 0 Å². The highest BCUT2D eigenvalue weighted by molar-refractivity contribution is 8.03. The molecular formula is C16H27N3OS2. The van der Waals surface area contributed by atoms with Gasteiger partial charge in [0.1, 0.15) is 0 Å². The van der Waals surface area contributed by atoms with Crippen molar-refractivity contribution in [3.8, 4) is 0 Å². The third-order valence-corrected chi connectivity index (χ3v) is 6.87. The fraction of sp³-hybridized carbons (Fsp3) is 0.875. The lowest BCUT2D eigenvalue weighted by molar-refractivity contribution is 0.157. The van der Waals surface area contributed by atoms with Crippen LogP contribution in [0.25, 0.3) is 0 Å². The number of hydrogen-bond donors (Lipinski definition) is 0. The van der Waals surface area contributed by atoms with Gasteiger partial charge < -0.3 is 4.52 Å². The Morgan fingerprint density at radius 3 is 2.77 bits per heavy atom. The molecule has 6 heteroatoms. The Labute approximate surface area is 142 Å². The molecule has 3 heterocycles. The maximum Gasteiger partial charge on any atom is 0.231 e. The van der Waals surface area contributed by atoms with Crippen LogP contribution in [0.4, 0.5) is 0 Å². The number of piperidine rings is 1. The van der Waals surface area contributed by atoms with Crippen LogP contribution in [0.1, 0.15) is 44.3 Å². The van der Waals surface area contributed by atoms with E-state index >= 15 is 0 Å². The predicted octanol–water partition coefficient (Wildman–Crippen LogP) is 3.30. The Morgan fingerprint density at radius 1 is 1.27 bits per heavy atom. The summed E-state index contributed by atoms with van der Waals surface area (Å²) in [5.74, 6) is 7.93. The van der Waals surface area contributed by atoms with Crippen molar-refractivity contribution < 1.29 is 4.52 Å². The molecule has 1 unspecified atom stereocenters. The van der Waals surface area contributed by atoms with E-state index < -0.39 is 0 Å². The molecule has 0 bridgehead atoms. The number of likely N-dealkylation sites (tertiary alicyclic amines) is 1. The van der Waals surface area contributed by atoms with Gasteiger partial charge in [-0.05, 0) is 25.3 Å². The van der Waals surface area contributed by atoms with Crippen LogP contribution in [0.2, 0.25) is 0 Å². The molecule has 2 aliphatic heterocycles. The van der Waals surface area contributed by atoms with Gasteiger partial charge in [0.15, 0.2) is 5.82 Å². The van der Waals surface area contributed by atoms with E-state index in [1.54, 1.807) is 0 Å². The van der Waals surface area contributed by atoms with Crippen LogP contribution in [0.5, 0.6) is 0 Å². The van der Waals surface area contributed by atoms with Gasteiger partial charge >= 0.3 is 0 Å². The Kier molecular flexibility index (Phi) is 6.10. The number of thioether (sulfide) groups is 2. The molecule has 124 valence electrons. The molecule has 0 aromatic carbocycles. The van der Waals surface area contributed by atoms with Gasteiger partial charge in [0, 0.05) is 42.0 Å². The first-order valence-corrected chi connectivity index (χ1v) is 10.8. The molecule has 0 amide bonds. The normalized spacial score (nSPS) is 25.5. The standard InChI is InChI=1S/C16H27N3OS2/c1-12(2)8-15-17-16(20-18-15)13-4-3-5-19(9-13)14-10-21-6-7-22-11-14/h12-14H,3-11H2,1-2H3. The van der Waals surface area contributed by atoms with Crippen LogP contribution in [0.15, 0.2) is 4.52 Å². The maximum atomic E-state index is 5.57. The van der Waals surface area contributed by atoms with E-state index in [-0.39, 0.29) is 0 Å². The average molecular weight is 342 g/mol. The lowest BCUT2D eigenvalue weighted by Crippen LogP contribution is -2.44. The van der Waals surface area contributed by atoms with Crippen molar-refractivity contribution in [3.05, 3.63) is 11.7 Å². The predicted molar refractivity (Wildman–Crippen MR) is 94.8 cm³/mol. The minimum Gasteiger partial charge on any atom is -0.339 e. The molecule has 0 radical (unpaired) electrons. The first-order valence-electron chi connectivity index (χ1n) is 8.44. The van der Waals surface area contributed by atoms with Crippen molar-refractivity contribution in [1.82, 2.24) is 15.0 Å². The summed E-state index contributed by atoms with van der Waals surface area (Å²) in [5, 5.41) is 4.17. The van der Waals surface area contributed by atoms with Gasteiger partial charge in [-0.25, -0.2) is 0 Å². The van der Waals surface area contributed by atoms with Gasteiger partial charge in [0.05, 0.1) is 5.92 Å². The zero-order chi connectivity index (χ0) is 15.4. The highest BCUT2D eigenvalue weighted by Gasteiger charge is 2.30. The topological polar surface area (TPSA) is 42.2 Å². The minimum atomic E-state index is 0.431. The first-order chi connectivity index (χ1) is 10.7. The Hall–Kier alpha value is -0.200. The van der Waals surface area contributed by atoms with Crippen LogP contribution in [-0.4, -0.2) is 57.2 Å². The number of hydrogen-bond acceptors (Lipinski definition) is 6. The smallest absolute Gasteiger partial charge is 0.231 e. The Balaban J connectivity index is 1.61. The van der Waals surface area contributed by atoms with E-state index in [1.165, 1.54) is 42.4 Å². The van der Waals surface area contributed by atoms with Crippen LogP contribution in [0, 0.1) is 5.92 Å². The van der Waals surface area contributed by atoms with Crippen molar-refractivity contribution in [2.45, 2.75) is 45.1 Å². The van der Waals surface area contributed by atoms with E-state index in [9.17, 15) is 0 Å². The second kappa shape index (κ2) is 8.06. The largest absolute Gasteiger partial charge is 0.339 e. The summed E-state index contributed by atoms with van der Waals surface area (Å²) in [6, 6.07) is 0.721. The summed E-state index contributed by atoms with van der Waals surface area (Å²) < 4.78 is 5.57. The third kappa shape index (κ3) is 4.42. The average Bonchev–Trinajstić information content (AvgIpc) is 2.80. The number of rotatable bonds is 4. The van der Waals surface area contributed by atoms with Crippen LogP contribution in [-0.2, 0) is 6.42 Å². The van der Waals surface area contributed by atoms with E-state index in [1.807, 2.05) is 0 Å². The molecule has 4 nitrogen and oxygen atoms in total. The summed E-state index contributed by atoms with van der Waals surface area (Å²) in [6.07, 6.45) is 3.35. The Bertz CT molecular complexity index is 458. The van der Waals surface area contributed by atoms with Gasteiger partial charge in [-0.2, -0.15) is 28.5 Å². The van der Waals surface area contributed by atoms with Crippen LogP contribution >= 0.6 is 23.5 Å². The summed E-state index contributed by atoms with van der Waals surface area (Å²) >= 11 is 4.22. The molecule has 2 aliphatic rings. The first kappa shape index (κ1) is 16.7. The van der Waals surface area contributed by atoms with Crippen molar-refractivity contribution in [1.29, 1.82) is 0 Å². The van der Waals surface area contributed by atoms with Gasteiger partial charge in [-0.3, -0.25) is 4.90 Å². The van der Waals surface area contributed by atoms with E-state index in [0.717, 1.165) is 30.7 Å². The third-order valence-electron chi connectivity index (χ3n) is 4.39. The monoisotopic (exact) mass is 341 g/mol. The van der Waals surface area contributed by atoms with E-state index in [2.05, 4.69) is 52.4 Å². The maximum absolute atomic E-state index is 5.57. The summed E-state index contributed by atoms with van der Waals surface area (Å²) in [5.41, 5.74) is 0. The SMILES string of the molecule is CC(C)Cc1noc(C2CCCN(C3CSCCSC3)C2)n1. The highest BCUT2D eigenvalue weighted by atomic mass is 32.2. The fourth-order valence-electron chi connectivity index (χ4n) is 3.24. The summed E-state index contributed by atoms with van der Waals surface area (Å²) in [4.78, 5) is 7.33. The van der Waals surface area contributed by atoms with Gasteiger partial charge in [0.25, 0.3) is 0 Å². The zero-order valence-corrected chi connectivity index (χ0v) is 15.3. The summed E-state index contributed by atoms with van der Waals surface area (Å²) in [7, 11) is 0. The molecule has 3 rings (SSSR count). The quantitative estimate of drug-likeness (QED) is 0.837. The van der Waals surface area contributed by atoms with E-state index in [0.29, 0.717) is 11.8 Å². The number of nitrogens with zero attached hydrogens (tertiary/aromatic N) is 3. The molecule has 1 atom stereocenters. The van der Waals surface area contributed by atoms with E-state index in [4.69, 9.17) is 4.52 Å². The molecule has 0 N–H and O–H groups in total. The van der Waals surface area contributed by atoms with Gasteiger partial charge in [-0.1, -0.05) is 19.0 Å². The van der Waals surface area contributed by atoms with Crippen molar-refractivity contribution in [3.63, 3.8) is 0 Å². The molecule has 0 aliphatic carbocycles.